The van der Waals surface area contributed by atoms with Gasteiger partial charge in [-0.1, -0.05) is 42.5 Å². The molecule has 176 valence electrons. The number of fused-ring (bicyclic) bond motifs is 2. The minimum atomic E-state index is -3.61. The summed E-state index contributed by atoms with van der Waals surface area (Å²) in [7, 11) is -3.61. The molecule has 5 aromatic rings. The highest BCUT2D eigenvalue weighted by molar-refractivity contribution is 7.89. The summed E-state index contributed by atoms with van der Waals surface area (Å²) >= 11 is 0. The van der Waals surface area contributed by atoms with E-state index in [1.54, 1.807) is 36.4 Å². The smallest absolute Gasteiger partial charge is 0.243 e. The molecule has 6 rings (SSSR count). The predicted molar refractivity (Wildman–Crippen MR) is 131 cm³/mol. The topological polar surface area (TPSA) is 83.7 Å². The molecule has 0 atom stereocenters. The van der Waals surface area contributed by atoms with E-state index in [4.69, 9.17) is 0 Å². The van der Waals surface area contributed by atoms with Gasteiger partial charge in [0.1, 0.15) is 11.6 Å². The number of hydrogen-bond donors (Lipinski definition) is 0. The first-order valence-electron chi connectivity index (χ1n) is 11.2. The van der Waals surface area contributed by atoms with E-state index in [1.807, 2.05) is 41.3 Å². The second-order valence-electron chi connectivity index (χ2n) is 8.37. The fraction of sp³-hybridized carbons (Fsp3) is 0.160. The van der Waals surface area contributed by atoms with E-state index in [0.717, 1.165) is 10.8 Å². The standard InChI is InChI=1S/C25H21FN6O2S/c26-22-8-4-3-7-21(22)25-28-27-23-11-12-24(29-32(23)25)30-13-15-31(16-14-30)35(33,34)20-10-9-18-5-1-2-6-19(18)17-20/h1-12,17H,13-16H2. The molecule has 1 aliphatic rings. The van der Waals surface area contributed by atoms with Gasteiger partial charge in [0, 0.05) is 26.2 Å². The third-order valence-electron chi connectivity index (χ3n) is 6.28. The van der Waals surface area contributed by atoms with Crippen LogP contribution >= 0.6 is 0 Å². The Labute approximate surface area is 201 Å². The number of nitrogens with zero attached hydrogens (tertiary/aromatic N) is 6. The van der Waals surface area contributed by atoms with E-state index in [9.17, 15) is 12.8 Å². The minimum absolute atomic E-state index is 0.295. The minimum Gasteiger partial charge on any atom is -0.353 e. The second kappa shape index (κ2) is 8.40. The molecule has 2 aromatic heterocycles. The molecule has 0 N–H and O–H groups in total. The van der Waals surface area contributed by atoms with Crippen molar-refractivity contribution in [3.8, 4) is 11.4 Å². The average molecular weight is 489 g/mol. The Kier molecular flexibility index (Phi) is 5.19. The largest absolute Gasteiger partial charge is 0.353 e. The molecule has 0 amide bonds. The summed E-state index contributed by atoms with van der Waals surface area (Å²) in [4.78, 5) is 2.31. The SMILES string of the molecule is O=S(=O)(c1ccc2ccccc2c1)N1CCN(c2ccc3nnc(-c4ccccc4F)n3n2)CC1. The highest BCUT2D eigenvalue weighted by Gasteiger charge is 2.29. The van der Waals surface area contributed by atoms with E-state index in [0.29, 0.717) is 53.9 Å². The van der Waals surface area contributed by atoms with Gasteiger partial charge in [0.15, 0.2) is 11.5 Å². The van der Waals surface area contributed by atoms with Gasteiger partial charge in [-0.2, -0.15) is 8.82 Å². The highest BCUT2D eigenvalue weighted by atomic mass is 32.2. The molecule has 8 nitrogen and oxygen atoms in total. The number of sulfonamides is 1. The zero-order chi connectivity index (χ0) is 24.0. The van der Waals surface area contributed by atoms with Gasteiger partial charge in [0.05, 0.1) is 10.5 Å². The molecule has 0 aliphatic carbocycles. The third-order valence-corrected chi connectivity index (χ3v) is 8.18. The molecule has 35 heavy (non-hydrogen) atoms. The van der Waals surface area contributed by atoms with Crippen LogP contribution in [0, 0.1) is 5.82 Å². The first-order valence-corrected chi connectivity index (χ1v) is 12.7. The maximum absolute atomic E-state index is 14.3. The monoisotopic (exact) mass is 488 g/mol. The molecular weight excluding hydrogens is 467 g/mol. The van der Waals surface area contributed by atoms with Gasteiger partial charge < -0.3 is 4.90 Å². The number of rotatable bonds is 4. The average Bonchev–Trinajstić information content (AvgIpc) is 3.32. The third kappa shape index (κ3) is 3.80. The first-order chi connectivity index (χ1) is 17.0. The van der Waals surface area contributed by atoms with Gasteiger partial charge in [-0.15, -0.1) is 15.3 Å². The molecule has 0 radical (unpaired) electrons. The summed E-state index contributed by atoms with van der Waals surface area (Å²) in [5.74, 6) is 0.566. The molecule has 3 heterocycles. The summed E-state index contributed by atoms with van der Waals surface area (Å²) in [5.41, 5.74) is 0.820. The van der Waals surface area contributed by atoms with Crippen LogP contribution in [0.15, 0.2) is 83.8 Å². The van der Waals surface area contributed by atoms with E-state index in [-0.39, 0.29) is 0 Å². The van der Waals surface area contributed by atoms with Crippen molar-refractivity contribution in [1.82, 2.24) is 24.1 Å². The Morgan fingerprint density at radius 2 is 1.51 bits per heavy atom. The Morgan fingerprint density at radius 3 is 2.31 bits per heavy atom. The molecule has 1 saturated heterocycles. The maximum atomic E-state index is 14.3. The van der Waals surface area contributed by atoms with Crippen LogP contribution in [-0.2, 0) is 10.0 Å². The van der Waals surface area contributed by atoms with Crippen molar-refractivity contribution in [3.05, 3.63) is 84.7 Å². The van der Waals surface area contributed by atoms with E-state index >= 15 is 0 Å². The van der Waals surface area contributed by atoms with Crippen LogP contribution < -0.4 is 4.90 Å². The summed E-state index contributed by atoms with van der Waals surface area (Å²) in [6.45, 7) is 1.61. The number of anilines is 1. The lowest BCUT2D eigenvalue weighted by atomic mass is 10.1. The molecule has 0 spiro atoms. The van der Waals surface area contributed by atoms with Gasteiger partial charge in [-0.05, 0) is 47.2 Å². The number of aromatic nitrogens is 4. The molecule has 3 aromatic carbocycles. The maximum Gasteiger partial charge on any atom is 0.243 e. The van der Waals surface area contributed by atoms with Crippen LogP contribution in [0.4, 0.5) is 10.2 Å². The zero-order valence-electron chi connectivity index (χ0n) is 18.6. The molecule has 0 bridgehead atoms. The molecule has 1 fully saturated rings. The van der Waals surface area contributed by atoms with Crippen LogP contribution in [0.1, 0.15) is 0 Å². The number of halogens is 1. The summed E-state index contributed by atoms with van der Waals surface area (Å²) < 4.78 is 43.9. The molecule has 1 aliphatic heterocycles. The quantitative estimate of drug-likeness (QED) is 0.385. The van der Waals surface area contributed by atoms with Crippen molar-refractivity contribution in [2.24, 2.45) is 0 Å². The van der Waals surface area contributed by atoms with Crippen LogP contribution in [0.2, 0.25) is 0 Å². The second-order valence-corrected chi connectivity index (χ2v) is 10.3. The van der Waals surface area contributed by atoms with Crippen molar-refractivity contribution >= 4 is 32.3 Å². The fourth-order valence-electron chi connectivity index (χ4n) is 4.39. The predicted octanol–water partition coefficient (Wildman–Crippen LogP) is 3.59. The first kappa shape index (κ1) is 21.6. The van der Waals surface area contributed by atoms with E-state index in [2.05, 4.69) is 15.3 Å². The summed E-state index contributed by atoms with van der Waals surface area (Å²) in [5, 5.41) is 14.7. The Balaban J connectivity index is 1.24. The fourth-order valence-corrected chi connectivity index (χ4v) is 5.85. The van der Waals surface area contributed by atoms with Crippen molar-refractivity contribution < 1.29 is 12.8 Å². The van der Waals surface area contributed by atoms with E-state index < -0.39 is 15.8 Å². The van der Waals surface area contributed by atoms with Crippen molar-refractivity contribution in [2.45, 2.75) is 4.90 Å². The van der Waals surface area contributed by atoms with Crippen LogP contribution in [0.25, 0.3) is 27.8 Å². The Hall–Kier alpha value is -3.89. The van der Waals surface area contributed by atoms with Gasteiger partial charge in [-0.25, -0.2) is 12.8 Å². The molecule has 0 saturated carbocycles. The lowest BCUT2D eigenvalue weighted by Gasteiger charge is -2.34. The molecule has 0 unspecified atom stereocenters. The van der Waals surface area contributed by atoms with Crippen LogP contribution in [0.3, 0.4) is 0 Å². The van der Waals surface area contributed by atoms with E-state index in [1.165, 1.54) is 14.9 Å². The number of benzene rings is 3. The Bertz CT molecular complexity index is 1660. The lowest BCUT2D eigenvalue weighted by molar-refractivity contribution is 0.383. The Morgan fingerprint density at radius 1 is 0.771 bits per heavy atom. The summed E-state index contributed by atoms with van der Waals surface area (Å²) in [6.07, 6.45) is 0. The van der Waals surface area contributed by atoms with Crippen LogP contribution in [-0.4, -0.2) is 58.7 Å². The van der Waals surface area contributed by atoms with Crippen molar-refractivity contribution in [2.75, 3.05) is 31.1 Å². The van der Waals surface area contributed by atoms with Gasteiger partial charge >= 0.3 is 0 Å². The zero-order valence-corrected chi connectivity index (χ0v) is 19.4. The van der Waals surface area contributed by atoms with Gasteiger partial charge in [-0.3, -0.25) is 0 Å². The van der Waals surface area contributed by atoms with Gasteiger partial charge in [0.25, 0.3) is 0 Å². The van der Waals surface area contributed by atoms with Gasteiger partial charge in [0.2, 0.25) is 10.0 Å². The molecular formula is C25H21FN6O2S. The number of piperazine rings is 1. The lowest BCUT2D eigenvalue weighted by Crippen LogP contribution is -2.49. The number of hydrogen-bond acceptors (Lipinski definition) is 6. The normalized spacial score (nSPS) is 15.2. The summed E-state index contributed by atoms with van der Waals surface area (Å²) in [6, 6.07) is 22.9. The van der Waals surface area contributed by atoms with Crippen molar-refractivity contribution in [1.29, 1.82) is 0 Å². The highest BCUT2D eigenvalue weighted by Crippen LogP contribution is 2.25. The van der Waals surface area contributed by atoms with Crippen molar-refractivity contribution in [3.63, 3.8) is 0 Å². The van der Waals surface area contributed by atoms with Crippen LogP contribution in [0.5, 0.6) is 0 Å². The molecule has 10 heteroatoms.